The van der Waals surface area contributed by atoms with Gasteiger partial charge in [-0.15, -0.1) is 0 Å². The molecule has 190 valence electrons. The lowest BCUT2D eigenvalue weighted by molar-refractivity contribution is 0.122. The van der Waals surface area contributed by atoms with E-state index in [2.05, 4.69) is 0 Å². The molecule has 8 heteroatoms. The fourth-order valence-corrected chi connectivity index (χ4v) is 9.93. The predicted molar refractivity (Wildman–Crippen MR) is 138 cm³/mol. The van der Waals surface area contributed by atoms with E-state index in [0.29, 0.717) is 11.1 Å². The largest absolute Gasteiger partial charge is 0.339 e. The van der Waals surface area contributed by atoms with Gasteiger partial charge in [0.15, 0.2) is 0 Å². The van der Waals surface area contributed by atoms with E-state index in [-0.39, 0.29) is 24.4 Å². The molecule has 0 spiro atoms. The maximum Gasteiger partial charge on any atom is 0.339 e. The van der Waals surface area contributed by atoms with Crippen LogP contribution >= 0.6 is 15.2 Å². The molecule has 0 N–H and O–H groups in total. The highest BCUT2D eigenvalue weighted by molar-refractivity contribution is 7.58. The molecule has 0 saturated carbocycles. The first kappa shape index (κ1) is 29.0. The minimum atomic E-state index is -3.90. The molecule has 2 atom stereocenters. The molecule has 2 aromatic rings. The van der Waals surface area contributed by atoms with Crippen molar-refractivity contribution in [1.29, 1.82) is 0 Å². The highest BCUT2D eigenvalue weighted by Gasteiger charge is 2.53. The van der Waals surface area contributed by atoms with Gasteiger partial charge in [0.25, 0.3) is 0 Å². The zero-order chi connectivity index (χ0) is 25.5. The van der Waals surface area contributed by atoms with E-state index in [9.17, 15) is 9.13 Å². The number of hydrogen-bond donors (Lipinski definition) is 0. The Balaban J connectivity index is 2.91. The van der Waals surface area contributed by atoms with Crippen molar-refractivity contribution >= 4 is 15.2 Å². The summed E-state index contributed by atoms with van der Waals surface area (Å²) in [6.45, 7) is 14.5. The standard InChI is InChI=1S/C26H40O6P2/c1-19(2)29-33(27,30-20(3)4)25(23-15-11-9-12-16-23)26(24-17-13-10-14-18-24)34(28,31-21(5)6)32-22(7)8/h9-22,25-26H,1-8H3. The summed E-state index contributed by atoms with van der Waals surface area (Å²) in [5.41, 5.74) is -0.490. The van der Waals surface area contributed by atoms with Crippen molar-refractivity contribution in [2.24, 2.45) is 0 Å². The summed E-state index contributed by atoms with van der Waals surface area (Å²) in [5.74, 6) is 0. The van der Waals surface area contributed by atoms with Crippen molar-refractivity contribution in [3.8, 4) is 0 Å². The van der Waals surface area contributed by atoms with Gasteiger partial charge in [-0.3, -0.25) is 9.13 Å². The van der Waals surface area contributed by atoms with Crippen LogP contribution in [0.15, 0.2) is 60.7 Å². The summed E-state index contributed by atoms with van der Waals surface area (Å²) in [5, 5.41) is 0. The number of benzene rings is 2. The Labute approximate surface area is 205 Å². The van der Waals surface area contributed by atoms with Crippen LogP contribution in [-0.2, 0) is 27.2 Å². The van der Waals surface area contributed by atoms with Crippen molar-refractivity contribution in [3.05, 3.63) is 71.8 Å². The lowest BCUT2D eigenvalue weighted by Crippen LogP contribution is -2.22. The van der Waals surface area contributed by atoms with Crippen LogP contribution in [0.5, 0.6) is 0 Å². The van der Waals surface area contributed by atoms with Crippen molar-refractivity contribution in [2.75, 3.05) is 0 Å². The summed E-state index contributed by atoms with van der Waals surface area (Å²) in [7, 11) is -7.80. The molecule has 0 aliphatic carbocycles. The highest BCUT2D eigenvalue weighted by atomic mass is 31.2. The zero-order valence-electron chi connectivity index (χ0n) is 21.6. The van der Waals surface area contributed by atoms with Crippen molar-refractivity contribution in [2.45, 2.75) is 91.1 Å². The maximum atomic E-state index is 14.7. The summed E-state index contributed by atoms with van der Waals surface area (Å²) < 4.78 is 53.7. The van der Waals surface area contributed by atoms with Crippen molar-refractivity contribution in [1.82, 2.24) is 0 Å². The quantitative estimate of drug-likeness (QED) is 0.251. The first-order chi connectivity index (χ1) is 15.9. The van der Waals surface area contributed by atoms with Crippen LogP contribution in [0.4, 0.5) is 0 Å². The first-order valence-electron chi connectivity index (χ1n) is 11.9. The summed E-state index contributed by atoms with van der Waals surface area (Å²) >= 11 is 0. The van der Waals surface area contributed by atoms with E-state index in [1.165, 1.54) is 0 Å². The second kappa shape index (κ2) is 12.6. The van der Waals surface area contributed by atoms with Gasteiger partial charge in [-0.05, 0) is 66.5 Å². The van der Waals surface area contributed by atoms with Crippen LogP contribution in [0.2, 0.25) is 0 Å². The van der Waals surface area contributed by atoms with E-state index in [1.807, 2.05) is 116 Å². The number of hydrogen-bond acceptors (Lipinski definition) is 6. The molecule has 0 bridgehead atoms. The van der Waals surface area contributed by atoms with Gasteiger partial charge in [-0.25, -0.2) is 0 Å². The SMILES string of the molecule is CC(C)OP(=O)(OC(C)C)C(c1ccccc1)C(c1ccccc1)P(=O)(OC(C)C)OC(C)C. The molecule has 34 heavy (non-hydrogen) atoms. The van der Waals surface area contributed by atoms with Crippen LogP contribution < -0.4 is 0 Å². The fraction of sp³-hybridized carbons (Fsp3) is 0.538. The molecule has 0 aromatic heterocycles. The van der Waals surface area contributed by atoms with Crippen LogP contribution in [0.3, 0.4) is 0 Å². The molecular weight excluding hydrogens is 470 g/mol. The van der Waals surface area contributed by atoms with Crippen LogP contribution in [0.1, 0.15) is 77.8 Å². The Kier molecular flexibility index (Phi) is 10.8. The van der Waals surface area contributed by atoms with Gasteiger partial charge in [0.2, 0.25) is 0 Å². The fourth-order valence-electron chi connectivity index (χ4n) is 3.86. The molecule has 0 radical (unpaired) electrons. The molecule has 6 nitrogen and oxygen atoms in total. The molecule has 2 rings (SSSR count). The third-order valence-corrected chi connectivity index (χ3v) is 10.3. The Morgan fingerprint density at radius 2 is 0.706 bits per heavy atom. The van der Waals surface area contributed by atoms with Crippen LogP contribution in [0, 0.1) is 0 Å². The van der Waals surface area contributed by atoms with Crippen molar-refractivity contribution < 1.29 is 27.2 Å². The van der Waals surface area contributed by atoms with E-state index in [1.54, 1.807) is 0 Å². The highest BCUT2D eigenvalue weighted by Crippen LogP contribution is 2.77. The predicted octanol–water partition coefficient (Wildman–Crippen LogP) is 8.56. The molecular formula is C26H40O6P2. The van der Waals surface area contributed by atoms with Crippen LogP contribution in [-0.4, -0.2) is 24.4 Å². The van der Waals surface area contributed by atoms with E-state index < -0.39 is 26.5 Å². The van der Waals surface area contributed by atoms with E-state index in [0.717, 1.165) is 0 Å². The van der Waals surface area contributed by atoms with Gasteiger partial charge < -0.3 is 18.1 Å². The smallest absolute Gasteiger partial charge is 0.305 e. The summed E-state index contributed by atoms with van der Waals surface area (Å²) in [6, 6.07) is 18.6. The van der Waals surface area contributed by atoms with Gasteiger partial charge in [0, 0.05) is 0 Å². The molecule has 0 aliphatic heterocycles. The molecule has 0 fully saturated rings. The lowest BCUT2D eigenvalue weighted by Gasteiger charge is -2.39. The molecule has 0 amide bonds. The Hall–Kier alpha value is -1.26. The minimum absolute atomic E-state index is 0.386. The van der Waals surface area contributed by atoms with Gasteiger partial charge in [0.1, 0.15) is 11.3 Å². The Morgan fingerprint density at radius 1 is 0.471 bits per heavy atom. The summed E-state index contributed by atoms with van der Waals surface area (Å²) in [6.07, 6.45) is -1.54. The average molecular weight is 511 g/mol. The third-order valence-electron chi connectivity index (χ3n) is 4.69. The van der Waals surface area contributed by atoms with Crippen molar-refractivity contribution in [3.63, 3.8) is 0 Å². The number of rotatable bonds is 13. The molecule has 0 heterocycles. The second-order valence-electron chi connectivity index (χ2n) is 9.41. The maximum absolute atomic E-state index is 14.7. The van der Waals surface area contributed by atoms with Gasteiger partial charge in [0.05, 0.1) is 24.4 Å². The topological polar surface area (TPSA) is 71.1 Å². The average Bonchev–Trinajstić information content (AvgIpc) is 2.70. The zero-order valence-corrected chi connectivity index (χ0v) is 23.4. The third kappa shape index (κ3) is 7.88. The van der Waals surface area contributed by atoms with Crippen LogP contribution in [0.25, 0.3) is 0 Å². The van der Waals surface area contributed by atoms with E-state index >= 15 is 0 Å². The normalized spacial score (nSPS) is 14.8. The molecule has 0 aliphatic rings. The minimum Gasteiger partial charge on any atom is -0.305 e. The molecule has 2 unspecified atom stereocenters. The second-order valence-corrected chi connectivity index (χ2v) is 13.5. The van der Waals surface area contributed by atoms with Gasteiger partial charge in [-0.1, -0.05) is 60.7 Å². The summed E-state index contributed by atoms with van der Waals surface area (Å²) in [4.78, 5) is 0. The molecule has 0 saturated heterocycles. The Bertz CT molecular complexity index is 852. The van der Waals surface area contributed by atoms with E-state index in [4.69, 9.17) is 18.1 Å². The van der Waals surface area contributed by atoms with Gasteiger partial charge >= 0.3 is 15.2 Å². The lowest BCUT2D eigenvalue weighted by atomic mass is 10.0. The van der Waals surface area contributed by atoms with Gasteiger partial charge in [-0.2, -0.15) is 0 Å². The first-order valence-corrected chi connectivity index (χ1v) is 15.1. The molecule has 2 aromatic carbocycles. The Morgan fingerprint density at radius 3 is 0.912 bits per heavy atom. The monoisotopic (exact) mass is 510 g/mol.